The summed E-state index contributed by atoms with van der Waals surface area (Å²) < 4.78 is 43.5. The van der Waals surface area contributed by atoms with Gasteiger partial charge in [0.05, 0.1) is 5.56 Å². The highest BCUT2D eigenvalue weighted by atomic mass is 19.4. The zero-order chi connectivity index (χ0) is 17.6. The maximum atomic E-state index is 12.7. The molecule has 0 aliphatic rings. The summed E-state index contributed by atoms with van der Waals surface area (Å²) in [5.74, 6) is 0.427. The molecule has 0 amide bonds. The first-order valence-corrected chi connectivity index (χ1v) is 6.83. The predicted octanol–water partition coefficient (Wildman–Crippen LogP) is 4.71. The number of ether oxygens (including phenoxy) is 1. The molecule has 0 saturated heterocycles. The molecule has 6 heteroatoms. The molecular weight excluding hydrogens is 317 g/mol. The largest absolute Gasteiger partial charge is 0.489 e. The van der Waals surface area contributed by atoms with Crippen LogP contribution >= 0.6 is 0 Å². The van der Waals surface area contributed by atoms with Gasteiger partial charge in [0, 0.05) is 0 Å². The van der Waals surface area contributed by atoms with Crippen molar-refractivity contribution in [2.45, 2.75) is 12.8 Å². The number of hydrogen-bond donors (Lipinski definition) is 0. The Kier molecular flexibility index (Phi) is 5.23. The third-order valence-corrected chi connectivity index (χ3v) is 3.07. The second kappa shape index (κ2) is 7.34. The Labute approximate surface area is 136 Å². The van der Waals surface area contributed by atoms with Crippen LogP contribution in [0.5, 0.6) is 5.75 Å². The summed E-state index contributed by atoms with van der Waals surface area (Å²) in [6, 6.07) is 15.0. The molecule has 2 aromatic rings. The molecule has 0 fully saturated rings. The van der Waals surface area contributed by atoms with E-state index in [1.165, 1.54) is 12.1 Å². The van der Waals surface area contributed by atoms with Crippen molar-refractivity contribution in [1.82, 2.24) is 0 Å². The summed E-state index contributed by atoms with van der Waals surface area (Å²) >= 11 is 0. The van der Waals surface area contributed by atoms with Gasteiger partial charge in [-0.25, -0.2) is 0 Å². The molecule has 0 saturated carbocycles. The summed E-state index contributed by atoms with van der Waals surface area (Å²) in [5.41, 5.74) is 0.202. The first-order chi connectivity index (χ1) is 11.4. The molecule has 0 unspecified atom stereocenters. The second-order valence-electron chi connectivity index (χ2n) is 4.84. The van der Waals surface area contributed by atoms with Gasteiger partial charge < -0.3 is 4.74 Å². The molecule has 24 heavy (non-hydrogen) atoms. The molecule has 2 rings (SSSR count). The molecule has 2 aromatic carbocycles. The predicted molar refractivity (Wildman–Crippen MR) is 81.4 cm³/mol. The minimum absolute atomic E-state index is 0.0273. The molecule has 0 spiro atoms. The van der Waals surface area contributed by atoms with E-state index in [0.29, 0.717) is 16.9 Å². The molecule has 3 nitrogen and oxygen atoms in total. The highest BCUT2D eigenvalue weighted by Gasteiger charge is 2.30. The number of rotatable bonds is 4. The summed E-state index contributed by atoms with van der Waals surface area (Å²) in [6.45, 7) is -0.0273. The van der Waals surface area contributed by atoms with E-state index in [9.17, 15) is 13.2 Å². The number of halogens is 3. The monoisotopic (exact) mass is 328 g/mol. The molecule has 0 aromatic heterocycles. The van der Waals surface area contributed by atoms with Crippen LogP contribution in [0.25, 0.3) is 6.08 Å². The topological polar surface area (TPSA) is 56.8 Å². The smallest absolute Gasteiger partial charge is 0.416 e. The number of allylic oxidation sites excluding steroid dienone is 1. The van der Waals surface area contributed by atoms with Crippen molar-refractivity contribution in [2.75, 3.05) is 0 Å². The Hall–Kier alpha value is -3.25. The van der Waals surface area contributed by atoms with Crippen LogP contribution in [0, 0.1) is 22.7 Å². The van der Waals surface area contributed by atoms with Crippen LogP contribution in [0.3, 0.4) is 0 Å². The fourth-order valence-electron chi connectivity index (χ4n) is 1.95. The van der Waals surface area contributed by atoms with Gasteiger partial charge in [-0.15, -0.1) is 0 Å². The van der Waals surface area contributed by atoms with E-state index in [1.807, 2.05) is 0 Å². The molecule has 0 aliphatic carbocycles. The van der Waals surface area contributed by atoms with Crippen LogP contribution in [0.2, 0.25) is 0 Å². The van der Waals surface area contributed by atoms with Crippen LogP contribution in [0.4, 0.5) is 13.2 Å². The highest BCUT2D eigenvalue weighted by Crippen LogP contribution is 2.29. The molecule has 0 atom stereocenters. The van der Waals surface area contributed by atoms with Gasteiger partial charge in [-0.1, -0.05) is 24.3 Å². The van der Waals surface area contributed by atoms with Crippen molar-refractivity contribution in [1.29, 1.82) is 10.5 Å². The van der Waals surface area contributed by atoms with Crippen LogP contribution in [-0.2, 0) is 12.8 Å². The zero-order valence-corrected chi connectivity index (χ0v) is 12.3. The molecule has 0 heterocycles. The van der Waals surface area contributed by atoms with E-state index in [2.05, 4.69) is 0 Å². The van der Waals surface area contributed by atoms with Gasteiger partial charge in [0.15, 0.2) is 0 Å². The molecule has 0 bridgehead atoms. The average molecular weight is 328 g/mol. The minimum Gasteiger partial charge on any atom is -0.489 e. The van der Waals surface area contributed by atoms with Crippen molar-refractivity contribution < 1.29 is 17.9 Å². The Balaban J connectivity index is 2.12. The minimum atomic E-state index is -4.40. The van der Waals surface area contributed by atoms with Crippen LogP contribution in [-0.4, -0.2) is 0 Å². The lowest BCUT2D eigenvalue weighted by atomic mass is 10.1. The first kappa shape index (κ1) is 17.1. The van der Waals surface area contributed by atoms with E-state index in [0.717, 1.165) is 12.1 Å². The van der Waals surface area contributed by atoms with Crippen LogP contribution < -0.4 is 4.74 Å². The Morgan fingerprint density at radius 2 is 1.75 bits per heavy atom. The molecule has 0 N–H and O–H groups in total. The highest BCUT2D eigenvalue weighted by molar-refractivity contribution is 5.62. The third kappa shape index (κ3) is 4.62. The summed E-state index contributed by atoms with van der Waals surface area (Å²) in [5, 5.41) is 17.5. The number of hydrogen-bond acceptors (Lipinski definition) is 3. The Morgan fingerprint density at radius 3 is 2.42 bits per heavy atom. The van der Waals surface area contributed by atoms with Gasteiger partial charge in [0.2, 0.25) is 0 Å². The lowest BCUT2D eigenvalue weighted by Gasteiger charge is -2.10. The number of benzene rings is 2. The second-order valence-corrected chi connectivity index (χ2v) is 4.84. The van der Waals surface area contributed by atoms with E-state index in [-0.39, 0.29) is 12.2 Å². The Bertz CT molecular complexity index is 826. The zero-order valence-electron chi connectivity index (χ0n) is 12.3. The van der Waals surface area contributed by atoms with Gasteiger partial charge in [-0.05, 0) is 41.5 Å². The maximum absolute atomic E-state index is 12.7. The Morgan fingerprint density at radius 1 is 1.04 bits per heavy atom. The van der Waals surface area contributed by atoms with Crippen molar-refractivity contribution in [3.05, 3.63) is 70.8 Å². The van der Waals surface area contributed by atoms with Crippen molar-refractivity contribution in [3.63, 3.8) is 0 Å². The van der Waals surface area contributed by atoms with E-state index in [4.69, 9.17) is 15.3 Å². The van der Waals surface area contributed by atoms with Crippen molar-refractivity contribution in [2.24, 2.45) is 0 Å². The standard InChI is InChI=1S/C18H11F3N2O/c19-18(20,21)16-5-1-4-14(8-16)12-24-17-6-2-3-13(9-17)7-15(10-22)11-23/h1-9H,12H2. The van der Waals surface area contributed by atoms with Crippen LogP contribution in [0.15, 0.2) is 54.1 Å². The van der Waals surface area contributed by atoms with Gasteiger partial charge in [-0.3, -0.25) is 0 Å². The first-order valence-electron chi connectivity index (χ1n) is 6.83. The van der Waals surface area contributed by atoms with Crippen molar-refractivity contribution in [3.8, 4) is 17.9 Å². The van der Waals surface area contributed by atoms with E-state index in [1.54, 1.807) is 42.5 Å². The van der Waals surface area contributed by atoms with Crippen LogP contribution in [0.1, 0.15) is 16.7 Å². The lowest BCUT2D eigenvalue weighted by molar-refractivity contribution is -0.137. The summed E-state index contributed by atoms with van der Waals surface area (Å²) in [6.07, 6.45) is -3.00. The number of nitriles is 2. The molecule has 0 radical (unpaired) electrons. The van der Waals surface area contributed by atoms with E-state index >= 15 is 0 Å². The maximum Gasteiger partial charge on any atom is 0.416 e. The summed E-state index contributed by atoms with van der Waals surface area (Å²) in [4.78, 5) is 0. The van der Waals surface area contributed by atoms with Gasteiger partial charge in [0.1, 0.15) is 30.1 Å². The third-order valence-electron chi connectivity index (χ3n) is 3.07. The molecule has 120 valence electrons. The number of alkyl halides is 3. The number of nitrogens with zero attached hydrogens (tertiary/aromatic N) is 2. The van der Waals surface area contributed by atoms with Gasteiger partial charge >= 0.3 is 6.18 Å². The van der Waals surface area contributed by atoms with Gasteiger partial charge in [-0.2, -0.15) is 23.7 Å². The average Bonchev–Trinajstić information content (AvgIpc) is 2.58. The fourth-order valence-corrected chi connectivity index (χ4v) is 1.95. The quantitative estimate of drug-likeness (QED) is 0.763. The lowest BCUT2D eigenvalue weighted by Crippen LogP contribution is -2.06. The fraction of sp³-hybridized carbons (Fsp3) is 0.111. The van der Waals surface area contributed by atoms with Crippen molar-refractivity contribution >= 4 is 6.08 Å². The van der Waals surface area contributed by atoms with Gasteiger partial charge in [0.25, 0.3) is 0 Å². The molecular formula is C18H11F3N2O. The SMILES string of the molecule is N#CC(C#N)=Cc1cccc(OCc2cccc(C(F)(F)F)c2)c1. The summed E-state index contributed by atoms with van der Waals surface area (Å²) in [7, 11) is 0. The normalized spacial score (nSPS) is 10.4. The van der Waals surface area contributed by atoms with E-state index < -0.39 is 11.7 Å². The molecule has 0 aliphatic heterocycles.